The van der Waals surface area contributed by atoms with Crippen molar-refractivity contribution >= 4 is 11.6 Å². The molecule has 0 spiro atoms. The van der Waals surface area contributed by atoms with Gasteiger partial charge >= 0.3 is 0 Å². The van der Waals surface area contributed by atoms with Crippen LogP contribution >= 0.6 is 11.6 Å². The first-order valence-corrected chi connectivity index (χ1v) is 5.63. The van der Waals surface area contributed by atoms with Gasteiger partial charge in [0, 0.05) is 17.5 Å². The summed E-state index contributed by atoms with van der Waals surface area (Å²) in [5, 5.41) is 3.68. The second kappa shape index (κ2) is 4.48. The Morgan fingerprint density at radius 1 is 1.33 bits per heavy atom. The van der Waals surface area contributed by atoms with Crippen molar-refractivity contribution < 1.29 is 0 Å². The van der Waals surface area contributed by atoms with E-state index in [1.54, 1.807) is 0 Å². The molecule has 0 radical (unpaired) electrons. The number of hydrogen-bond donors (Lipinski definition) is 1. The van der Waals surface area contributed by atoms with Gasteiger partial charge in [-0.15, -0.1) is 11.6 Å². The summed E-state index contributed by atoms with van der Waals surface area (Å²) in [6.45, 7) is 4.48. The lowest BCUT2D eigenvalue weighted by Crippen LogP contribution is -2.56. The highest BCUT2D eigenvalue weighted by Crippen LogP contribution is 2.33. The number of alkyl halides is 1. The minimum atomic E-state index is 0.304. The molecular formula is C10H20ClN. The summed E-state index contributed by atoms with van der Waals surface area (Å²) in [6.07, 6.45) is 6.32. The average molecular weight is 190 g/mol. The van der Waals surface area contributed by atoms with Gasteiger partial charge in [0.25, 0.3) is 0 Å². The molecule has 72 valence electrons. The molecule has 0 bridgehead atoms. The summed E-state index contributed by atoms with van der Waals surface area (Å²) in [5.41, 5.74) is 0.304. The fourth-order valence-corrected chi connectivity index (χ4v) is 2.19. The molecule has 12 heavy (non-hydrogen) atoms. The molecule has 1 fully saturated rings. The van der Waals surface area contributed by atoms with Crippen molar-refractivity contribution in [1.29, 1.82) is 0 Å². The smallest absolute Gasteiger partial charge is 0.0406 e. The Hall–Kier alpha value is 0.250. The molecule has 1 aliphatic rings. The number of nitrogens with one attached hydrogen (secondary N) is 1. The first-order chi connectivity index (χ1) is 5.76. The van der Waals surface area contributed by atoms with Crippen molar-refractivity contribution in [2.75, 3.05) is 5.88 Å². The summed E-state index contributed by atoms with van der Waals surface area (Å²) in [4.78, 5) is 0. The van der Waals surface area contributed by atoms with Gasteiger partial charge in [-0.25, -0.2) is 0 Å². The molecule has 0 unspecified atom stereocenters. The van der Waals surface area contributed by atoms with Crippen molar-refractivity contribution in [3.05, 3.63) is 0 Å². The third kappa shape index (κ3) is 2.14. The molecule has 1 aliphatic carbocycles. The van der Waals surface area contributed by atoms with Crippen LogP contribution in [0.5, 0.6) is 0 Å². The van der Waals surface area contributed by atoms with Crippen LogP contribution in [0.1, 0.15) is 46.0 Å². The fourth-order valence-electron chi connectivity index (χ4n) is 1.85. The number of rotatable bonds is 5. The maximum atomic E-state index is 5.96. The molecule has 1 saturated carbocycles. The van der Waals surface area contributed by atoms with Gasteiger partial charge < -0.3 is 5.32 Å². The van der Waals surface area contributed by atoms with E-state index in [2.05, 4.69) is 19.2 Å². The van der Waals surface area contributed by atoms with Crippen LogP contribution in [0.2, 0.25) is 0 Å². The highest BCUT2D eigenvalue weighted by molar-refractivity contribution is 6.18. The van der Waals surface area contributed by atoms with Crippen LogP contribution < -0.4 is 5.32 Å². The zero-order valence-electron chi connectivity index (χ0n) is 8.20. The fraction of sp³-hybridized carbons (Fsp3) is 1.00. The average Bonchev–Trinajstić information content (AvgIpc) is 2.05. The van der Waals surface area contributed by atoms with Crippen LogP contribution in [0.25, 0.3) is 0 Å². The highest BCUT2D eigenvalue weighted by atomic mass is 35.5. The largest absolute Gasteiger partial charge is 0.307 e. The standard InChI is InChI=1S/C10H20ClN/c1-3-9(4-2)12-10(8-11)6-5-7-10/h9,12H,3-8H2,1-2H3. The van der Waals surface area contributed by atoms with E-state index >= 15 is 0 Å². The molecule has 2 heteroatoms. The predicted octanol–water partition coefficient (Wildman–Crippen LogP) is 2.93. The quantitative estimate of drug-likeness (QED) is 0.656. The second-order valence-corrected chi connectivity index (χ2v) is 4.19. The molecule has 0 saturated heterocycles. The second-order valence-electron chi connectivity index (χ2n) is 3.93. The van der Waals surface area contributed by atoms with Gasteiger partial charge in [0.1, 0.15) is 0 Å². The van der Waals surface area contributed by atoms with Crippen LogP contribution in [0.4, 0.5) is 0 Å². The lowest BCUT2D eigenvalue weighted by Gasteiger charge is -2.43. The summed E-state index contributed by atoms with van der Waals surface area (Å²) in [7, 11) is 0. The topological polar surface area (TPSA) is 12.0 Å². The Morgan fingerprint density at radius 2 is 1.92 bits per heavy atom. The molecule has 1 nitrogen and oxygen atoms in total. The molecule has 0 amide bonds. The van der Waals surface area contributed by atoms with E-state index in [1.807, 2.05) is 0 Å². The lowest BCUT2D eigenvalue weighted by atomic mass is 9.77. The molecule has 0 aromatic carbocycles. The van der Waals surface area contributed by atoms with E-state index in [9.17, 15) is 0 Å². The van der Waals surface area contributed by atoms with E-state index < -0.39 is 0 Å². The zero-order chi connectivity index (χ0) is 9.03. The SMILES string of the molecule is CCC(CC)NC1(CCl)CCC1. The van der Waals surface area contributed by atoms with Crippen LogP contribution in [-0.2, 0) is 0 Å². The molecular weight excluding hydrogens is 170 g/mol. The summed E-state index contributed by atoms with van der Waals surface area (Å²) in [6, 6.07) is 0.670. The van der Waals surface area contributed by atoms with Crippen LogP contribution in [0.3, 0.4) is 0 Å². The zero-order valence-corrected chi connectivity index (χ0v) is 8.95. The van der Waals surface area contributed by atoms with Gasteiger partial charge in [0.2, 0.25) is 0 Å². The Balaban J connectivity index is 2.35. The summed E-state index contributed by atoms with van der Waals surface area (Å²) in [5.74, 6) is 0.781. The number of halogens is 1. The van der Waals surface area contributed by atoms with Gasteiger partial charge in [-0.05, 0) is 32.1 Å². The van der Waals surface area contributed by atoms with Crippen LogP contribution in [-0.4, -0.2) is 17.5 Å². The summed E-state index contributed by atoms with van der Waals surface area (Å²) < 4.78 is 0. The Bertz CT molecular complexity index is 122. The molecule has 0 atom stereocenters. The molecule has 1 N–H and O–H groups in total. The number of hydrogen-bond acceptors (Lipinski definition) is 1. The maximum Gasteiger partial charge on any atom is 0.0406 e. The minimum absolute atomic E-state index is 0.304. The van der Waals surface area contributed by atoms with Gasteiger partial charge in [-0.1, -0.05) is 13.8 Å². The van der Waals surface area contributed by atoms with Crippen LogP contribution in [0, 0.1) is 0 Å². The van der Waals surface area contributed by atoms with E-state index in [0.717, 1.165) is 5.88 Å². The van der Waals surface area contributed by atoms with E-state index in [4.69, 9.17) is 11.6 Å². The molecule has 0 aromatic rings. The highest BCUT2D eigenvalue weighted by Gasteiger charge is 2.36. The first kappa shape index (κ1) is 10.3. The van der Waals surface area contributed by atoms with E-state index in [0.29, 0.717) is 11.6 Å². The molecule has 0 aliphatic heterocycles. The third-order valence-electron chi connectivity index (χ3n) is 3.06. The predicted molar refractivity (Wildman–Crippen MR) is 54.8 cm³/mol. The Kier molecular flexibility index (Phi) is 3.85. The van der Waals surface area contributed by atoms with Gasteiger partial charge in [0.15, 0.2) is 0 Å². The van der Waals surface area contributed by atoms with Gasteiger partial charge in [0.05, 0.1) is 0 Å². The first-order valence-electron chi connectivity index (χ1n) is 5.10. The normalized spacial score (nSPS) is 21.0. The molecule has 0 aromatic heterocycles. The maximum absolute atomic E-state index is 5.96. The van der Waals surface area contributed by atoms with Crippen molar-refractivity contribution in [3.8, 4) is 0 Å². The minimum Gasteiger partial charge on any atom is -0.307 e. The Morgan fingerprint density at radius 3 is 2.17 bits per heavy atom. The van der Waals surface area contributed by atoms with Gasteiger partial charge in [-0.3, -0.25) is 0 Å². The third-order valence-corrected chi connectivity index (χ3v) is 3.57. The van der Waals surface area contributed by atoms with Crippen molar-refractivity contribution in [3.63, 3.8) is 0 Å². The Labute approximate surface area is 80.9 Å². The van der Waals surface area contributed by atoms with E-state index in [1.165, 1.54) is 32.1 Å². The van der Waals surface area contributed by atoms with Crippen molar-refractivity contribution in [1.82, 2.24) is 5.32 Å². The van der Waals surface area contributed by atoms with Crippen LogP contribution in [0.15, 0.2) is 0 Å². The van der Waals surface area contributed by atoms with Crippen molar-refractivity contribution in [2.24, 2.45) is 0 Å². The van der Waals surface area contributed by atoms with Crippen molar-refractivity contribution in [2.45, 2.75) is 57.5 Å². The summed E-state index contributed by atoms with van der Waals surface area (Å²) >= 11 is 5.96. The monoisotopic (exact) mass is 189 g/mol. The lowest BCUT2D eigenvalue weighted by molar-refractivity contribution is 0.184. The molecule has 1 rings (SSSR count). The van der Waals surface area contributed by atoms with Gasteiger partial charge in [-0.2, -0.15) is 0 Å². The molecule has 0 heterocycles. The van der Waals surface area contributed by atoms with E-state index in [-0.39, 0.29) is 0 Å².